The van der Waals surface area contributed by atoms with Crippen LogP contribution in [-0.4, -0.2) is 54.8 Å². The molecule has 1 amide bonds. The lowest BCUT2D eigenvalue weighted by Gasteiger charge is -2.13. The van der Waals surface area contributed by atoms with Crippen molar-refractivity contribution in [2.24, 2.45) is 0 Å². The normalized spacial score (nSPS) is 11.4. The number of carbonyl (C=O) groups is 1. The van der Waals surface area contributed by atoms with Crippen LogP contribution in [0.3, 0.4) is 0 Å². The van der Waals surface area contributed by atoms with Crippen molar-refractivity contribution in [2.75, 3.05) is 29.9 Å². The Morgan fingerprint density at radius 2 is 1.97 bits per heavy atom. The molecule has 0 fully saturated rings. The Morgan fingerprint density at radius 3 is 2.76 bits per heavy atom. The van der Waals surface area contributed by atoms with Crippen LogP contribution < -0.4 is 11.1 Å². The first-order valence-electron chi connectivity index (χ1n) is 12.4. The Morgan fingerprint density at radius 1 is 1.14 bits per heavy atom. The summed E-state index contributed by atoms with van der Waals surface area (Å²) in [5.41, 5.74) is 10.3. The van der Waals surface area contributed by atoms with Crippen molar-refractivity contribution in [3.05, 3.63) is 53.3 Å². The molecule has 10 heteroatoms. The Bertz CT molecular complexity index is 1410. The zero-order valence-corrected chi connectivity index (χ0v) is 23.0. The highest BCUT2D eigenvalue weighted by Gasteiger charge is 2.19. The number of nitrogens with one attached hydrogen (secondary N) is 1. The number of aryl methyl sites for hydroxylation is 1. The van der Waals surface area contributed by atoms with Gasteiger partial charge in [0.2, 0.25) is 5.91 Å². The number of rotatable bonds is 12. The Labute approximate surface area is 229 Å². The molecule has 2 aromatic carbocycles. The molecule has 0 atom stereocenters. The molecule has 0 aliphatic heterocycles. The van der Waals surface area contributed by atoms with E-state index in [4.69, 9.17) is 15.5 Å². The lowest BCUT2D eigenvalue weighted by atomic mass is 10.1. The minimum Gasteiger partial charge on any atom is -0.508 e. The quantitative estimate of drug-likeness (QED) is 0.0815. The summed E-state index contributed by atoms with van der Waals surface area (Å²) < 4.78 is 8.18. The highest BCUT2D eigenvalue weighted by Crippen LogP contribution is 2.32. The van der Waals surface area contributed by atoms with Crippen LogP contribution in [0, 0.1) is 0 Å². The number of phenols is 2. The van der Waals surface area contributed by atoms with E-state index in [2.05, 4.69) is 27.9 Å². The Kier molecular flexibility index (Phi) is 9.04. The summed E-state index contributed by atoms with van der Waals surface area (Å²) in [6.07, 6.45) is 3.45. The van der Waals surface area contributed by atoms with E-state index in [0.29, 0.717) is 54.0 Å². The molecule has 2 aromatic heterocycles. The molecular formula is C27H32IN5O4. The molecule has 4 rings (SSSR count). The Balaban J connectivity index is 1.64. The second-order valence-corrected chi connectivity index (χ2v) is 9.69. The predicted molar refractivity (Wildman–Crippen MR) is 153 cm³/mol. The van der Waals surface area contributed by atoms with Crippen molar-refractivity contribution in [3.63, 3.8) is 0 Å². The van der Waals surface area contributed by atoms with Gasteiger partial charge >= 0.3 is 0 Å². The number of ether oxygens (including phenoxy) is 1. The third-order valence-corrected chi connectivity index (χ3v) is 6.91. The van der Waals surface area contributed by atoms with E-state index in [1.54, 1.807) is 6.07 Å². The number of hydrogen-bond acceptors (Lipinski definition) is 7. The van der Waals surface area contributed by atoms with Crippen LogP contribution in [0.1, 0.15) is 36.7 Å². The van der Waals surface area contributed by atoms with Crippen molar-refractivity contribution in [2.45, 2.75) is 39.2 Å². The number of fused-ring (bicyclic) bond motifs is 3. The summed E-state index contributed by atoms with van der Waals surface area (Å²) >= 11 is 2.03. The summed E-state index contributed by atoms with van der Waals surface area (Å²) in [7, 11) is 0. The maximum absolute atomic E-state index is 11.3. The summed E-state index contributed by atoms with van der Waals surface area (Å²) in [5.74, 6) is 1.44. The standard InChI is InChI=1S/C27H32IN5O4/c1-2-3-4-23-32-25-26(33(23)16-18-14-19(34)6-8-22(18)35)20-7-5-17(13-21(20)31-27(25)29)9-11-37-12-10-30-24(36)15-28/h5-8,13-14,34-35H,2-4,9-12,15-16H2,1H3,(H2,29,31)(H,30,36). The van der Waals surface area contributed by atoms with Gasteiger partial charge in [0.15, 0.2) is 5.82 Å². The summed E-state index contributed by atoms with van der Waals surface area (Å²) in [4.78, 5) is 20.8. The highest BCUT2D eigenvalue weighted by molar-refractivity contribution is 14.1. The van der Waals surface area contributed by atoms with Crippen LogP contribution in [0.15, 0.2) is 36.4 Å². The van der Waals surface area contributed by atoms with Gasteiger partial charge in [-0.1, -0.05) is 48.1 Å². The molecule has 0 aliphatic rings. The van der Waals surface area contributed by atoms with Crippen molar-refractivity contribution in [1.29, 1.82) is 0 Å². The number of anilines is 1. The number of imidazole rings is 1. The molecule has 37 heavy (non-hydrogen) atoms. The van der Waals surface area contributed by atoms with E-state index >= 15 is 0 Å². The number of aromatic hydroxyl groups is 2. The number of unbranched alkanes of at least 4 members (excludes halogenated alkanes) is 1. The second-order valence-electron chi connectivity index (χ2n) is 8.92. The molecule has 9 nitrogen and oxygen atoms in total. The lowest BCUT2D eigenvalue weighted by molar-refractivity contribution is -0.118. The van der Waals surface area contributed by atoms with Gasteiger partial charge in [0, 0.05) is 23.9 Å². The molecule has 0 saturated heterocycles. The Hall–Kier alpha value is -3.12. The van der Waals surface area contributed by atoms with Crippen LogP contribution in [-0.2, 0) is 28.9 Å². The number of alkyl halides is 1. The number of halogens is 1. The number of amides is 1. The van der Waals surface area contributed by atoms with Gasteiger partial charge in [-0.05, 0) is 42.7 Å². The molecule has 0 radical (unpaired) electrons. The van der Waals surface area contributed by atoms with Crippen LogP contribution in [0.2, 0.25) is 0 Å². The summed E-state index contributed by atoms with van der Waals surface area (Å²) in [5, 5.41) is 24.1. The van der Waals surface area contributed by atoms with Gasteiger partial charge < -0.3 is 30.6 Å². The number of nitrogens with zero attached hydrogens (tertiary/aromatic N) is 3. The first-order chi connectivity index (χ1) is 17.9. The third kappa shape index (κ3) is 6.42. The highest BCUT2D eigenvalue weighted by atomic mass is 127. The number of carbonyl (C=O) groups excluding carboxylic acids is 1. The van der Waals surface area contributed by atoms with E-state index in [-0.39, 0.29) is 17.4 Å². The molecule has 196 valence electrons. The van der Waals surface area contributed by atoms with Crippen molar-refractivity contribution in [1.82, 2.24) is 19.9 Å². The van der Waals surface area contributed by atoms with Gasteiger partial charge in [-0.2, -0.15) is 0 Å². The van der Waals surface area contributed by atoms with Gasteiger partial charge in [0.05, 0.1) is 35.2 Å². The fraction of sp³-hybridized carbons (Fsp3) is 0.370. The SMILES string of the molecule is CCCCc1nc2c(N)nc3cc(CCOCCNC(=O)CI)ccc3c2n1Cc1cc(O)ccc1O. The third-order valence-electron chi connectivity index (χ3n) is 6.22. The predicted octanol–water partition coefficient (Wildman–Crippen LogP) is 4.08. The fourth-order valence-corrected chi connectivity index (χ4v) is 4.60. The van der Waals surface area contributed by atoms with Gasteiger partial charge in [-0.15, -0.1) is 0 Å². The molecule has 5 N–H and O–H groups in total. The average Bonchev–Trinajstić information content (AvgIpc) is 3.25. The van der Waals surface area contributed by atoms with E-state index in [0.717, 1.165) is 47.1 Å². The van der Waals surface area contributed by atoms with Crippen molar-refractivity contribution in [3.8, 4) is 11.5 Å². The fourth-order valence-electron chi connectivity index (χ4n) is 4.33. The largest absolute Gasteiger partial charge is 0.508 e. The molecule has 0 aliphatic carbocycles. The first-order valence-corrected chi connectivity index (χ1v) is 13.9. The van der Waals surface area contributed by atoms with Crippen LogP contribution in [0.25, 0.3) is 21.9 Å². The van der Waals surface area contributed by atoms with Gasteiger partial charge in [-0.25, -0.2) is 9.97 Å². The zero-order valence-electron chi connectivity index (χ0n) is 20.8. The number of phenolic OH excluding ortho intramolecular Hbond substituents is 2. The molecule has 4 aromatic rings. The topological polar surface area (TPSA) is 136 Å². The number of hydrogen-bond donors (Lipinski definition) is 4. The van der Waals surface area contributed by atoms with Crippen molar-refractivity contribution >= 4 is 56.3 Å². The number of nitrogen functional groups attached to an aromatic ring is 1. The molecule has 0 bridgehead atoms. The van der Waals surface area contributed by atoms with Crippen molar-refractivity contribution < 1.29 is 19.7 Å². The molecule has 0 saturated carbocycles. The summed E-state index contributed by atoms with van der Waals surface area (Å²) in [6.45, 7) is 3.96. The second kappa shape index (κ2) is 12.4. The minimum atomic E-state index is 0.00470. The van der Waals surface area contributed by atoms with Gasteiger partial charge in [-0.3, -0.25) is 4.79 Å². The number of nitrogens with two attached hydrogens (primary N) is 1. The smallest absolute Gasteiger partial charge is 0.229 e. The zero-order chi connectivity index (χ0) is 26.4. The number of benzene rings is 2. The van der Waals surface area contributed by atoms with Crippen LogP contribution in [0.4, 0.5) is 5.82 Å². The maximum Gasteiger partial charge on any atom is 0.229 e. The lowest BCUT2D eigenvalue weighted by Crippen LogP contribution is -2.28. The van der Waals surface area contributed by atoms with Crippen LogP contribution in [0.5, 0.6) is 11.5 Å². The van der Waals surface area contributed by atoms with E-state index in [1.807, 2.05) is 34.7 Å². The monoisotopic (exact) mass is 617 g/mol. The molecule has 0 spiro atoms. The molecule has 0 unspecified atom stereocenters. The maximum atomic E-state index is 11.3. The first kappa shape index (κ1) is 26.9. The average molecular weight is 617 g/mol. The number of aromatic nitrogens is 3. The van der Waals surface area contributed by atoms with Gasteiger partial charge in [0.25, 0.3) is 0 Å². The molecular weight excluding hydrogens is 585 g/mol. The summed E-state index contributed by atoms with van der Waals surface area (Å²) in [6, 6.07) is 10.6. The van der Waals surface area contributed by atoms with Gasteiger partial charge in [0.1, 0.15) is 22.8 Å². The number of pyridine rings is 1. The molecule has 2 heterocycles. The van der Waals surface area contributed by atoms with E-state index in [9.17, 15) is 15.0 Å². The van der Waals surface area contributed by atoms with E-state index < -0.39 is 0 Å². The van der Waals surface area contributed by atoms with E-state index in [1.165, 1.54) is 12.1 Å². The van der Waals surface area contributed by atoms with Crippen LogP contribution >= 0.6 is 22.6 Å². The minimum absolute atomic E-state index is 0.00470.